The Bertz CT molecular complexity index is 490. The molecule has 1 atom stereocenters. The lowest BCUT2D eigenvalue weighted by Gasteiger charge is -2.35. The van der Waals surface area contributed by atoms with Gasteiger partial charge in [-0.3, -0.25) is 0 Å². The van der Waals surface area contributed by atoms with E-state index in [1.807, 2.05) is 0 Å². The van der Waals surface area contributed by atoms with E-state index in [1.54, 1.807) is 0 Å². The molecule has 0 spiro atoms. The molecule has 1 aliphatic rings. The van der Waals surface area contributed by atoms with Crippen molar-refractivity contribution in [3.05, 3.63) is 29.3 Å². The fourth-order valence-corrected chi connectivity index (χ4v) is 3.43. The van der Waals surface area contributed by atoms with Crippen molar-refractivity contribution in [2.45, 2.75) is 52.2 Å². The van der Waals surface area contributed by atoms with Crippen LogP contribution in [0.5, 0.6) is 0 Å². The summed E-state index contributed by atoms with van der Waals surface area (Å²) in [6, 6.07) is 6.96. The molecule has 0 aliphatic carbocycles. The van der Waals surface area contributed by atoms with E-state index < -0.39 is 6.10 Å². The van der Waals surface area contributed by atoms with Crippen molar-refractivity contribution in [2.75, 3.05) is 37.7 Å². The molecular formula is C19H32N2O2. The van der Waals surface area contributed by atoms with Gasteiger partial charge in [0, 0.05) is 31.4 Å². The molecule has 0 radical (unpaired) electrons. The van der Waals surface area contributed by atoms with E-state index in [0.717, 1.165) is 31.6 Å². The zero-order valence-corrected chi connectivity index (χ0v) is 14.8. The van der Waals surface area contributed by atoms with Gasteiger partial charge in [-0.15, -0.1) is 0 Å². The molecule has 130 valence electrons. The van der Waals surface area contributed by atoms with E-state index in [-0.39, 0.29) is 6.61 Å². The minimum atomic E-state index is -0.428. The fraction of sp³-hybridized carbons (Fsp3) is 0.684. The Hall–Kier alpha value is -1.10. The number of fused-ring (bicyclic) bond motifs is 1. The van der Waals surface area contributed by atoms with Crippen LogP contribution in [0.1, 0.15) is 50.8 Å². The predicted octanol–water partition coefficient (Wildman–Crippen LogP) is 2.59. The van der Waals surface area contributed by atoms with Crippen molar-refractivity contribution in [3.8, 4) is 0 Å². The van der Waals surface area contributed by atoms with Crippen LogP contribution in [-0.2, 0) is 6.42 Å². The zero-order valence-electron chi connectivity index (χ0n) is 14.8. The third-order valence-electron chi connectivity index (χ3n) is 4.85. The fourth-order valence-electron chi connectivity index (χ4n) is 3.43. The van der Waals surface area contributed by atoms with Gasteiger partial charge < -0.3 is 20.0 Å². The number of hydrogen-bond donors (Lipinski definition) is 2. The summed E-state index contributed by atoms with van der Waals surface area (Å²) < 4.78 is 0. The number of aliphatic hydroxyl groups is 2. The number of likely N-dealkylation sites (N-methyl/N-ethyl adjacent to an activating group) is 1. The Labute approximate surface area is 140 Å². The topological polar surface area (TPSA) is 46.9 Å². The first-order chi connectivity index (χ1) is 11.1. The lowest BCUT2D eigenvalue weighted by atomic mass is 9.95. The van der Waals surface area contributed by atoms with E-state index in [2.05, 4.69) is 48.8 Å². The average molecular weight is 320 g/mol. The summed E-state index contributed by atoms with van der Waals surface area (Å²) in [7, 11) is 0. The SMILES string of the molecule is CCN(CCO)CCC(O)c1ccc2c(c1)CCCN2C(C)C. The first-order valence-corrected chi connectivity index (χ1v) is 8.97. The molecule has 1 unspecified atom stereocenters. The van der Waals surface area contributed by atoms with Gasteiger partial charge in [0.25, 0.3) is 0 Å². The van der Waals surface area contributed by atoms with Gasteiger partial charge >= 0.3 is 0 Å². The van der Waals surface area contributed by atoms with Crippen molar-refractivity contribution in [3.63, 3.8) is 0 Å². The average Bonchev–Trinajstić information content (AvgIpc) is 2.57. The monoisotopic (exact) mass is 320 g/mol. The third kappa shape index (κ3) is 4.69. The van der Waals surface area contributed by atoms with Crippen LogP contribution in [0.3, 0.4) is 0 Å². The Morgan fingerprint density at radius 3 is 2.70 bits per heavy atom. The lowest BCUT2D eigenvalue weighted by molar-refractivity contribution is 0.133. The number of rotatable bonds is 8. The highest BCUT2D eigenvalue weighted by Crippen LogP contribution is 2.31. The molecule has 2 rings (SSSR count). The molecule has 0 fully saturated rings. The molecule has 0 bridgehead atoms. The smallest absolute Gasteiger partial charge is 0.0802 e. The number of nitrogens with zero attached hydrogens (tertiary/aromatic N) is 2. The molecule has 4 heteroatoms. The second kappa shape index (κ2) is 8.67. The Morgan fingerprint density at radius 1 is 1.26 bits per heavy atom. The summed E-state index contributed by atoms with van der Waals surface area (Å²) in [5.74, 6) is 0. The maximum Gasteiger partial charge on any atom is 0.0802 e. The Balaban J connectivity index is 2.03. The molecule has 1 aromatic carbocycles. The zero-order chi connectivity index (χ0) is 16.8. The van der Waals surface area contributed by atoms with Gasteiger partial charge in [-0.25, -0.2) is 0 Å². The van der Waals surface area contributed by atoms with Crippen LogP contribution >= 0.6 is 0 Å². The highest BCUT2D eigenvalue weighted by Gasteiger charge is 2.20. The van der Waals surface area contributed by atoms with E-state index in [0.29, 0.717) is 19.0 Å². The highest BCUT2D eigenvalue weighted by molar-refractivity contribution is 5.57. The van der Waals surface area contributed by atoms with Gasteiger partial charge in [-0.2, -0.15) is 0 Å². The maximum atomic E-state index is 10.5. The Kier molecular flexibility index (Phi) is 6.88. The number of benzene rings is 1. The van der Waals surface area contributed by atoms with Gasteiger partial charge in [0.1, 0.15) is 0 Å². The van der Waals surface area contributed by atoms with E-state index in [9.17, 15) is 5.11 Å². The Morgan fingerprint density at radius 2 is 2.04 bits per heavy atom. The van der Waals surface area contributed by atoms with Crippen molar-refractivity contribution in [1.29, 1.82) is 0 Å². The minimum Gasteiger partial charge on any atom is -0.395 e. The molecule has 4 nitrogen and oxygen atoms in total. The van der Waals surface area contributed by atoms with E-state index >= 15 is 0 Å². The summed E-state index contributed by atoms with van der Waals surface area (Å²) >= 11 is 0. The summed E-state index contributed by atoms with van der Waals surface area (Å²) in [4.78, 5) is 4.62. The molecular weight excluding hydrogens is 288 g/mol. The normalized spacial score (nSPS) is 16.0. The third-order valence-corrected chi connectivity index (χ3v) is 4.85. The van der Waals surface area contributed by atoms with Crippen molar-refractivity contribution < 1.29 is 10.2 Å². The largest absolute Gasteiger partial charge is 0.395 e. The van der Waals surface area contributed by atoms with Crippen LogP contribution in [-0.4, -0.2) is 53.9 Å². The molecule has 0 saturated carbocycles. The van der Waals surface area contributed by atoms with Crippen LogP contribution in [0.25, 0.3) is 0 Å². The second-order valence-electron chi connectivity index (χ2n) is 6.74. The quantitative estimate of drug-likeness (QED) is 0.773. The molecule has 1 aromatic rings. The van der Waals surface area contributed by atoms with Gasteiger partial charge in [0.2, 0.25) is 0 Å². The van der Waals surface area contributed by atoms with Gasteiger partial charge in [0.15, 0.2) is 0 Å². The number of hydrogen-bond acceptors (Lipinski definition) is 4. The summed E-state index contributed by atoms with van der Waals surface area (Å²) in [5, 5.41) is 19.6. The number of anilines is 1. The predicted molar refractivity (Wildman–Crippen MR) is 96.0 cm³/mol. The van der Waals surface area contributed by atoms with E-state index in [1.165, 1.54) is 17.7 Å². The first kappa shape index (κ1) is 18.2. The van der Waals surface area contributed by atoms with Crippen molar-refractivity contribution in [2.24, 2.45) is 0 Å². The van der Waals surface area contributed by atoms with Crippen LogP contribution in [0, 0.1) is 0 Å². The van der Waals surface area contributed by atoms with Crippen LogP contribution in [0.15, 0.2) is 18.2 Å². The summed E-state index contributed by atoms with van der Waals surface area (Å²) in [6.07, 6.45) is 2.57. The molecule has 0 aromatic heterocycles. The van der Waals surface area contributed by atoms with Gasteiger partial charge in [-0.1, -0.05) is 19.1 Å². The van der Waals surface area contributed by atoms with Crippen LogP contribution in [0.4, 0.5) is 5.69 Å². The number of aliphatic hydroxyl groups excluding tert-OH is 2. The minimum absolute atomic E-state index is 0.174. The highest BCUT2D eigenvalue weighted by atomic mass is 16.3. The van der Waals surface area contributed by atoms with Crippen LogP contribution < -0.4 is 4.90 Å². The first-order valence-electron chi connectivity index (χ1n) is 8.97. The van der Waals surface area contributed by atoms with Crippen molar-refractivity contribution in [1.82, 2.24) is 4.90 Å². The molecule has 0 amide bonds. The van der Waals surface area contributed by atoms with Crippen LogP contribution in [0.2, 0.25) is 0 Å². The van der Waals surface area contributed by atoms with E-state index in [4.69, 9.17) is 5.11 Å². The van der Waals surface area contributed by atoms with Gasteiger partial charge in [0.05, 0.1) is 12.7 Å². The maximum absolute atomic E-state index is 10.5. The lowest BCUT2D eigenvalue weighted by Crippen LogP contribution is -2.35. The number of aryl methyl sites for hydroxylation is 1. The standard InChI is InChI=1S/C19H32N2O2/c1-4-20(12-13-22)11-9-19(23)17-7-8-18-16(14-17)6-5-10-21(18)15(2)3/h7-8,14-15,19,22-23H,4-6,9-13H2,1-3H3. The van der Waals surface area contributed by atoms with Crippen molar-refractivity contribution >= 4 is 5.69 Å². The second-order valence-corrected chi connectivity index (χ2v) is 6.74. The van der Waals surface area contributed by atoms with Gasteiger partial charge in [-0.05, 0) is 56.8 Å². The summed E-state index contributed by atoms with van der Waals surface area (Å²) in [5.41, 5.74) is 3.72. The molecule has 1 aliphatic heterocycles. The molecule has 23 heavy (non-hydrogen) atoms. The molecule has 2 N–H and O–H groups in total. The molecule has 1 heterocycles. The summed E-state index contributed by atoms with van der Waals surface area (Å²) in [6.45, 7) is 10.2. The molecule has 0 saturated heterocycles.